The van der Waals surface area contributed by atoms with E-state index in [0.29, 0.717) is 29.2 Å². The average molecular weight is 405 g/mol. The molecule has 1 saturated carbocycles. The molecule has 0 aliphatic heterocycles. The first-order valence-corrected chi connectivity index (χ1v) is 10.8. The minimum Gasteiger partial charge on any atom is -0.461 e. The van der Waals surface area contributed by atoms with Gasteiger partial charge in [0.1, 0.15) is 5.69 Å². The summed E-state index contributed by atoms with van der Waals surface area (Å²) in [6, 6.07) is -0.0520. The Bertz CT molecular complexity index is 757. The second-order valence-electron chi connectivity index (χ2n) is 8.44. The summed E-state index contributed by atoms with van der Waals surface area (Å²) in [4.78, 5) is 40.0. The lowest BCUT2D eigenvalue weighted by molar-refractivity contribution is -0.132. The minimum atomic E-state index is -0.428. The van der Waals surface area contributed by atoms with E-state index in [2.05, 4.69) is 0 Å². The average Bonchev–Trinajstić information content (AvgIpc) is 3.24. The molecular weight excluding hydrogens is 368 g/mol. The zero-order valence-electron chi connectivity index (χ0n) is 18.8. The van der Waals surface area contributed by atoms with E-state index >= 15 is 0 Å². The Kier molecular flexibility index (Phi) is 8.05. The van der Waals surface area contributed by atoms with E-state index in [-0.39, 0.29) is 30.9 Å². The molecule has 1 amide bonds. The Morgan fingerprint density at radius 3 is 2.34 bits per heavy atom. The van der Waals surface area contributed by atoms with Crippen LogP contribution in [0.3, 0.4) is 0 Å². The third-order valence-electron chi connectivity index (χ3n) is 6.18. The molecule has 0 unspecified atom stereocenters. The minimum absolute atomic E-state index is 0.0368. The van der Waals surface area contributed by atoms with Gasteiger partial charge in [-0.25, -0.2) is 4.79 Å². The van der Waals surface area contributed by atoms with E-state index in [1.807, 2.05) is 20.8 Å². The molecule has 0 radical (unpaired) electrons. The van der Waals surface area contributed by atoms with Crippen LogP contribution in [-0.2, 0) is 16.6 Å². The molecule has 2 rings (SSSR count). The van der Waals surface area contributed by atoms with Crippen LogP contribution < -0.4 is 0 Å². The third-order valence-corrected chi connectivity index (χ3v) is 6.18. The van der Waals surface area contributed by atoms with Crippen LogP contribution in [0.5, 0.6) is 0 Å². The van der Waals surface area contributed by atoms with E-state index in [1.165, 1.54) is 25.7 Å². The number of carbonyl (C=O) groups is 3. The van der Waals surface area contributed by atoms with Crippen molar-refractivity contribution >= 4 is 17.7 Å². The van der Waals surface area contributed by atoms with Crippen molar-refractivity contribution in [2.75, 3.05) is 13.2 Å². The first-order chi connectivity index (χ1) is 13.7. The number of ketones is 1. The van der Waals surface area contributed by atoms with Gasteiger partial charge in [-0.05, 0) is 52.5 Å². The van der Waals surface area contributed by atoms with Crippen LogP contribution in [-0.4, -0.2) is 46.3 Å². The summed E-state index contributed by atoms with van der Waals surface area (Å²) in [6.45, 7) is 9.55. The van der Waals surface area contributed by atoms with Crippen molar-refractivity contribution in [3.63, 3.8) is 0 Å². The van der Waals surface area contributed by atoms with Crippen molar-refractivity contribution < 1.29 is 19.1 Å². The largest absolute Gasteiger partial charge is 0.461 e. The molecule has 0 N–H and O–H groups in total. The van der Waals surface area contributed by atoms with Gasteiger partial charge in [0.2, 0.25) is 5.91 Å². The Labute approximate surface area is 174 Å². The van der Waals surface area contributed by atoms with Crippen LogP contribution in [0.2, 0.25) is 0 Å². The predicted octanol–water partition coefficient (Wildman–Crippen LogP) is 4.21. The van der Waals surface area contributed by atoms with Crippen molar-refractivity contribution in [2.45, 2.75) is 79.2 Å². The molecule has 0 saturated heterocycles. The summed E-state index contributed by atoms with van der Waals surface area (Å²) >= 11 is 0. The summed E-state index contributed by atoms with van der Waals surface area (Å²) in [7, 11) is 1.76. The lowest BCUT2D eigenvalue weighted by Crippen LogP contribution is -2.41. The summed E-state index contributed by atoms with van der Waals surface area (Å²) in [6.07, 6.45) is 6.37. The zero-order valence-corrected chi connectivity index (χ0v) is 18.8. The SMILES string of the molecule is CCOC(=O)c1c(C)c(C(=O)CN(C(=O)CCC2CCCC2)C(C)C)c(C)n1C. The van der Waals surface area contributed by atoms with E-state index < -0.39 is 5.97 Å². The molecular formula is C23H36N2O4. The summed E-state index contributed by atoms with van der Waals surface area (Å²) < 4.78 is 6.85. The lowest BCUT2D eigenvalue weighted by Gasteiger charge is -2.27. The van der Waals surface area contributed by atoms with Gasteiger partial charge in [0, 0.05) is 30.8 Å². The fourth-order valence-electron chi connectivity index (χ4n) is 4.44. The molecule has 1 aliphatic rings. The number of hydrogen-bond acceptors (Lipinski definition) is 4. The van der Waals surface area contributed by atoms with Crippen molar-refractivity contribution in [2.24, 2.45) is 13.0 Å². The van der Waals surface area contributed by atoms with Crippen molar-refractivity contribution in [1.29, 1.82) is 0 Å². The van der Waals surface area contributed by atoms with Crippen LogP contribution in [0.1, 0.15) is 91.4 Å². The van der Waals surface area contributed by atoms with Gasteiger partial charge in [0.15, 0.2) is 5.78 Å². The van der Waals surface area contributed by atoms with Gasteiger partial charge in [-0.3, -0.25) is 9.59 Å². The molecule has 1 aromatic heterocycles. The highest BCUT2D eigenvalue weighted by atomic mass is 16.5. The molecule has 6 nitrogen and oxygen atoms in total. The Morgan fingerprint density at radius 2 is 1.79 bits per heavy atom. The molecule has 29 heavy (non-hydrogen) atoms. The molecule has 162 valence electrons. The van der Waals surface area contributed by atoms with Gasteiger partial charge in [0.05, 0.1) is 13.2 Å². The topological polar surface area (TPSA) is 68.6 Å². The molecule has 0 bridgehead atoms. The number of hydrogen-bond donors (Lipinski definition) is 0. The van der Waals surface area contributed by atoms with Gasteiger partial charge >= 0.3 is 5.97 Å². The van der Waals surface area contributed by atoms with Crippen molar-refractivity contribution in [1.82, 2.24) is 9.47 Å². The van der Waals surface area contributed by atoms with E-state index in [0.717, 1.165) is 12.1 Å². The molecule has 0 spiro atoms. The first-order valence-electron chi connectivity index (χ1n) is 10.8. The highest BCUT2D eigenvalue weighted by molar-refractivity contribution is 6.04. The summed E-state index contributed by atoms with van der Waals surface area (Å²) in [5.74, 6) is 0.128. The van der Waals surface area contributed by atoms with Crippen LogP contribution in [0, 0.1) is 19.8 Å². The number of ether oxygens (including phenoxy) is 1. The second-order valence-corrected chi connectivity index (χ2v) is 8.44. The van der Waals surface area contributed by atoms with Gasteiger partial charge in [-0.15, -0.1) is 0 Å². The van der Waals surface area contributed by atoms with E-state index in [4.69, 9.17) is 4.74 Å². The highest BCUT2D eigenvalue weighted by Gasteiger charge is 2.28. The van der Waals surface area contributed by atoms with Gasteiger partial charge < -0.3 is 14.2 Å². The van der Waals surface area contributed by atoms with Crippen molar-refractivity contribution in [3.8, 4) is 0 Å². The molecule has 0 atom stereocenters. The van der Waals surface area contributed by atoms with Gasteiger partial charge in [0.25, 0.3) is 0 Å². The van der Waals surface area contributed by atoms with Crippen LogP contribution >= 0.6 is 0 Å². The zero-order chi connectivity index (χ0) is 21.7. The number of esters is 1. The fourth-order valence-corrected chi connectivity index (χ4v) is 4.44. The number of rotatable bonds is 9. The van der Waals surface area contributed by atoms with Crippen LogP contribution in [0.25, 0.3) is 0 Å². The maximum atomic E-state index is 13.2. The number of aromatic nitrogens is 1. The second kappa shape index (κ2) is 10.1. The van der Waals surface area contributed by atoms with Crippen molar-refractivity contribution in [3.05, 3.63) is 22.5 Å². The maximum absolute atomic E-state index is 13.2. The van der Waals surface area contributed by atoms with Crippen LogP contribution in [0.4, 0.5) is 0 Å². The Balaban J connectivity index is 2.16. The number of amides is 1. The maximum Gasteiger partial charge on any atom is 0.355 e. The summed E-state index contributed by atoms with van der Waals surface area (Å²) in [5.41, 5.74) is 2.26. The Hall–Kier alpha value is -2.11. The molecule has 6 heteroatoms. The molecule has 1 heterocycles. The molecule has 1 aromatic rings. The van der Waals surface area contributed by atoms with Crippen LogP contribution in [0.15, 0.2) is 0 Å². The normalized spacial score (nSPS) is 14.4. The highest BCUT2D eigenvalue weighted by Crippen LogP contribution is 2.29. The quantitative estimate of drug-likeness (QED) is 0.457. The van der Waals surface area contributed by atoms with E-state index in [1.54, 1.807) is 30.4 Å². The fraction of sp³-hybridized carbons (Fsp3) is 0.696. The predicted molar refractivity (Wildman–Crippen MR) is 113 cm³/mol. The molecule has 1 aliphatic carbocycles. The standard InChI is InChI=1S/C23H36N2O4/c1-7-29-23(28)22-16(4)21(17(5)24(22)6)19(26)14-25(15(2)3)20(27)13-12-18-10-8-9-11-18/h15,18H,7-14H2,1-6H3. The monoisotopic (exact) mass is 404 g/mol. The molecule has 1 fully saturated rings. The summed E-state index contributed by atoms with van der Waals surface area (Å²) in [5, 5.41) is 0. The van der Waals surface area contributed by atoms with Gasteiger partial charge in [-0.1, -0.05) is 25.7 Å². The van der Waals surface area contributed by atoms with E-state index in [9.17, 15) is 14.4 Å². The smallest absolute Gasteiger partial charge is 0.355 e. The number of carbonyl (C=O) groups excluding carboxylic acids is 3. The lowest BCUT2D eigenvalue weighted by atomic mass is 10.0. The van der Waals surface area contributed by atoms with Gasteiger partial charge in [-0.2, -0.15) is 0 Å². The Morgan fingerprint density at radius 1 is 1.17 bits per heavy atom. The molecule has 0 aromatic carbocycles. The first kappa shape index (κ1) is 23.2. The number of Topliss-reactive ketones (excluding diaryl/α,β-unsaturated/α-hetero) is 1. The number of nitrogens with zero attached hydrogens (tertiary/aromatic N) is 2. The third kappa shape index (κ3) is 5.28.